The normalized spacial score (nSPS) is 14.1. The summed E-state index contributed by atoms with van der Waals surface area (Å²) in [4.78, 5) is 10.7. The Hall–Kier alpha value is -1.43. The van der Waals surface area contributed by atoms with E-state index in [1.54, 1.807) is 11.6 Å². The zero-order chi connectivity index (χ0) is 13.2. The first-order valence-electron chi connectivity index (χ1n) is 5.07. The van der Waals surface area contributed by atoms with Gasteiger partial charge in [0.25, 0.3) is 0 Å². The summed E-state index contributed by atoms with van der Waals surface area (Å²) < 4.78 is 16.8. The van der Waals surface area contributed by atoms with E-state index in [-0.39, 0.29) is 5.56 Å². The molecule has 0 spiro atoms. The number of aryl methyl sites for hydroxylation is 1. The average molecular weight is 256 g/mol. The van der Waals surface area contributed by atoms with Gasteiger partial charge >= 0.3 is 5.97 Å². The Labute approximate surface area is 103 Å². The second-order valence-electron chi connectivity index (χ2n) is 4.67. The average Bonchev–Trinajstić information content (AvgIpc) is 2.55. The summed E-state index contributed by atoms with van der Waals surface area (Å²) in [5, 5.41) is 8.81. The summed E-state index contributed by atoms with van der Waals surface area (Å²) >= 11 is 0. The molecule has 0 fully saturated rings. The zero-order valence-electron chi connectivity index (χ0n) is 10.3. The lowest BCUT2D eigenvalue weighted by molar-refractivity contribution is 0.0697. The van der Waals surface area contributed by atoms with Crippen LogP contribution in [0.25, 0.3) is 0 Å². The van der Waals surface area contributed by atoms with Gasteiger partial charge in [-0.05, 0) is 26.8 Å². The molecule has 0 saturated heterocycles. The predicted octanol–water partition coefficient (Wildman–Crippen LogP) is 1.60. The van der Waals surface area contributed by atoms with Crippen molar-refractivity contribution in [2.45, 2.75) is 25.5 Å². The maximum Gasteiger partial charge on any atom is 0.337 e. The molecule has 5 nitrogen and oxygen atoms in total. The number of rotatable bonds is 3. The van der Waals surface area contributed by atoms with Crippen LogP contribution in [0.5, 0.6) is 0 Å². The minimum atomic E-state index is -1.34. The molecule has 1 aromatic rings. The van der Waals surface area contributed by atoms with Gasteiger partial charge in [-0.1, -0.05) is 0 Å². The van der Waals surface area contributed by atoms with Gasteiger partial charge in [0.15, 0.2) is 0 Å². The maximum atomic E-state index is 11.7. The van der Waals surface area contributed by atoms with Crippen molar-refractivity contribution in [2.75, 3.05) is 0 Å². The highest BCUT2D eigenvalue weighted by Crippen LogP contribution is 2.12. The van der Waals surface area contributed by atoms with Crippen molar-refractivity contribution in [3.63, 3.8) is 0 Å². The monoisotopic (exact) mass is 256 g/mol. The minimum Gasteiger partial charge on any atom is -0.478 e. The van der Waals surface area contributed by atoms with Gasteiger partial charge in [0.05, 0.1) is 22.2 Å². The lowest BCUT2D eigenvalue weighted by atomic mass is 10.3. The quantitative estimate of drug-likeness (QED) is 0.835. The van der Waals surface area contributed by atoms with E-state index in [0.717, 1.165) is 0 Å². The van der Waals surface area contributed by atoms with E-state index in [9.17, 15) is 9.00 Å². The molecule has 1 atom stereocenters. The first kappa shape index (κ1) is 13.6. The van der Waals surface area contributed by atoms with Crippen LogP contribution in [-0.2, 0) is 18.0 Å². The number of nitrogens with zero attached hydrogens (tertiary/aromatic N) is 2. The summed E-state index contributed by atoms with van der Waals surface area (Å²) in [5.41, 5.74) is 0.801. The van der Waals surface area contributed by atoms with Crippen molar-refractivity contribution in [1.29, 1.82) is 0 Å². The molecule has 17 heavy (non-hydrogen) atoms. The van der Waals surface area contributed by atoms with Crippen molar-refractivity contribution >= 4 is 23.2 Å². The molecule has 0 aliphatic heterocycles. The highest BCUT2D eigenvalue weighted by Gasteiger charge is 2.18. The molecular formula is C11H16N2O3S. The first-order valence-corrected chi connectivity index (χ1v) is 6.18. The highest BCUT2D eigenvalue weighted by atomic mass is 32.2. The van der Waals surface area contributed by atoms with Gasteiger partial charge in [-0.2, -0.15) is 4.40 Å². The van der Waals surface area contributed by atoms with Crippen LogP contribution in [-0.4, -0.2) is 30.8 Å². The van der Waals surface area contributed by atoms with Gasteiger partial charge in [-0.15, -0.1) is 0 Å². The molecule has 0 amide bonds. The van der Waals surface area contributed by atoms with Crippen molar-refractivity contribution in [2.24, 2.45) is 11.4 Å². The summed E-state index contributed by atoms with van der Waals surface area (Å²) in [6.45, 7) is 5.48. The van der Waals surface area contributed by atoms with Crippen LogP contribution in [0, 0.1) is 0 Å². The fraction of sp³-hybridized carbons (Fsp3) is 0.455. The third-order valence-electron chi connectivity index (χ3n) is 2.09. The SMILES string of the molecule is Cn1cc(C(=O)O)cc1C=NS(=O)C(C)(C)C. The summed E-state index contributed by atoms with van der Waals surface area (Å²) in [7, 11) is 0.377. The number of aromatic carboxylic acids is 1. The van der Waals surface area contributed by atoms with Gasteiger partial charge in [-0.25, -0.2) is 9.00 Å². The Morgan fingerprint density at radius 1 is 1.53 bits per heavy atom. The van der Waals surface area contributed by atoms with E-state index >= 15 is 0 Å². The van der Waals surface area contributed by atoms with Crippen LogP contribution in [0.3, 0.4) is 0 Å². The molecule has 1 heterocycles. The lowest BCUT2D eigenvalue weighted by Crippen LogP contribution is -2.19. The van der Waals surface area contributed by atoms with Gasteiger partial charge in [0, 0.05) is 13.2 Å². The number of carbonyl (C=O) groups is 1. The molecule has 1 rings (SSSR count). The number of hydrogen-bond donors (Lipinski definition) is 1. The number of aromatic nitrogens is 1. The van der Waals surface area contributed by atoms with E-state index < -0.39 is 21.7 Å². The van der Waals surface area contributed by atoms with E-state index in [4.69, 9.17) is 5.11 Å². The van der Waals surface area contributed by atoms with Gasteiger partial charge < -0.3 is 9.67 Å². The van der Waals surface area contributed by atoms with Gasteiger partial charge in [0.1, 0.15) is 11.0 Å². The Kier molecular flexibility index (Phi) is 3.87. The first-order chi connectivity index (χ1) is 7.71. The van der Waals surface area contributed by atoms with Crippen molar-refractivity contribution in [3.8, 4) is 0 Å². The van der Waals surface area contributed by atoms with Gasteiger partial charge in [-0.3, -0.25) is 0 Å². The van der Waals surface area contributed by atoms with Crippen molar-refractivity contribution in [3.05, 3.63) is 23.5 Å². The topological polar surface area (TPSA) is 71.7 Å². The maximum absolute atomic E-state index is 11.7. The molecule has 94 valence electrons. The second kappa shape index (κ2) is 4.83. The van der Waals surface area contributed by atoms with Crippen LogP contribution >= 0.6 is 0 Å². The molecule has 0 saturated carbocycles. The van der Waals surface area contributed by atoms with Crippen molar-refractivity contribution in [1.82, 2.24) is 4.57 Å². The zero-order valence-corrected chi connectivity index (χ0v) is 11.1. The molecule has 1 aromatic heterocycles. The Morgan fingerprint density at radius 2 is 2.12 bits per heavy atom. The predicted molar refractivity (Wildman–Crippen MR) is 67.9 cm³/mol. The summed E-state index contributed by atoms with van der Waals surface area (Å²) in [5.74, 6) is -0.989. The molecule has 0 radical (unpaired) electrons. The third-order valence-corrected chi connectivity index (χ3v) is 3.44. The standard InChI is InChI=1S/C11H16N2O3S/c1-11(2,3)17(16)12-6-9-5-8(10(14)15)7-13(9)4/h5-7H,1-4H3,(H,14,15). The van der Waals surface area contributed by atoms with E-state index in [2.05, 4.69) is 4.40 Å². The van der Waals surface area contributed by atoms with Crippen LogP contribution in [0.15, 0.2) is 16.7 Å². The molecule has 0 aromatic carbocycles. The number of carboxylic acid groups (broad SMARTS) is 1. The molecule has 0 aliphatic carbocycles. The summed E-state index contributed by atoms with van der Waals surface area (Å²) in [6, 6.07) is 1.49. The largest absolute Gasteiger partial charge is 0.478 e. The van der Waals surface area contributed by atoms with Crippen LogP contribution < -0.4 is 0 Å². The van der Waals surface area contributed by atoms with Crippen molar-refractivity contribution < 1.29 is 14.1 Å². The lowest BCUT2D eigenvalue weighted by Gasteiger charge is -2.12. The number of hydrogen-bond acceptors (Lipinski definition) is 2. The molecule has 0 aliphatic rings. The Balaban J connectivity index is 2.93. The second-order valence-corrected chi connectivity index (χ2v) is 6.60. The molecular weight excluding hydrogens is 240 g/mol. The van der Waals surface area contributed by atoms with E-state index in [1.807, 2.05) is 20.8 Å². The number of carboxylic acids is 1. The third kappa shape index (κ3) is 3.52. The molecule has 1 unspecified atom stereocenters. The highest BCUT2D eigenvalue weighted by molar-refractivity contribution is 7.85. The Bertz CT molecular complexity index is 483. The summed E-state index contributed by atoms with van der Waals surface area (Å²) in [6.07, 6.45) is 2.93. The van der Waals surface area contributed by atoms with E-state index in [0.29, 0.717) is 5.69 Å². The van der Waals surface area contributed by atoms with Crippen LogP contribution in [0.2, 0.25) is 0 Å². The fourth-order valence-electron chi connectivity index (χ4n) is 1.09. The molecule has 1 N–H and O–H groups in total. The Morgan fingerprint density at radius 3 is 2.53 bits per heavy atom. The minimum absolute atomic E-state index is 0.190. The van der Waals surface area contributed by atoms with Gasteiger partial charge in [0.2, 0.25) is 0 Å². The molecule has 0 bridgehead atoms. The van der Waals surface area contributed by atoms with Crippen LogP contribution in [0.4, 0.5) is 0 Å². The van der Waals surface area contributed by atoms with Crippen LogP contribution in [0.1, 0.15) is 36.8 Å². The molecule has 6 heteroatoms. The smallest absolute Gasteiger partial charge is 0.337 e. The van der Waals surface area contributed by atoms with E-state index in [1.165, 1.54) is 18.5 Å². The fourth-order valence-corrected chi connectivity index (χ4v) is 1.61.